The molecule has 3 aliphatic rings. The van der Waals surface area contributed by atoms with Gasteiger partial charge >= 0.3 is 0 Å². The summed E-state index contributed by atoms with van der Waals surface area (Å²) in [5.74, 6) is 2.67. The van der Waals surface area contributed by atoms with E-state index in [-0.39, 0.29) is 11.9 Å². The molecule has 1 N–H and O–H groups in total. The third-order valence-electron chi connectivity index (χ3n) is 5.49. The van der Waals surface area contributed by atoms with Gasteiger partial charge in [0.2, 0.25) is 0 Å². The average molecular weight is 303 g/mol. The first kappa shape index (κ1) is 14.2. The molecule has 4 rings (SSSR count). The second-order valence-corrected chi connectivity index (χ2v) is 7.46. The summed E-state index contributed by atoms with van der Waals surface area (Å²) < 4.78 is 5.28. The molecular formula is C17H25N3O2. The van der Waals surface area contributed by atoms with Crippen LogP contribution in [0.25, 0.3) is 0 Å². The van der Waals surface area contributed by atoms with Crippen molar-refractivity contribution in [2.24, 2.45) is 11.8 Å². The molecule has 0 radical (unpaired) electrons. The lowest BCUT2D eigenvalue weighted by Gasteiger charge is -2.30. The second kappa shape index (κ2) is 5.69. The van der Waals surface area contributed by atoms with Gasteiger partial charge in [-0.3, -0.25) is 4.79 Å². The molecule has 2 atom stereocenters. The van der Waals surface area contributed by atoms with Crippen LogP contribution in [0.2, 0.25) is 0 Å². The van der Waals surface area contributed by atoms with Crippen molar-refractivity contribution >= 4 is 5.91 Å². The predicted octanol–water partition coefficient (Wildman–Crippen LogP) is 2.40. The van der Waals surface area contributed by atoms with Gasteiger partial charge in [-0.05, 0) is 37.5 Å². The maximum atomic E-state index is 12.3. The molecule has 0 aromatic carbocycles. The minimum atomic E-state index is -0.0852. The van der Waals surface area contributed by atoms with Gasteiger partial charge in [0.05, 0.1) is 0 Å². The van der Waals surface area contributed by atoms with E-state index in [2.05, 4.69) is 22.3 Å². The van der Waals surface area contributed by atoms with Gasteiger partial charge in [0.1, 0.15) is 5.76 Å². The van der Waals surface area contributed by atoms with Crippen molar-refractivity contribution in [3.63, 3.8) is 0 Å². The molecule has 2 aliphatic carbocycles. The summed E-state index contributed by atoms with van der Waals surface area (Å²) in [5, 5.41) is 7.09. The van der Waals surface area contributed by atoms with Crippen molar-refractivity contribution in [2.75, 3.05) is 19.6 Å². The molecular weight excluding hydrogens is 278 g/mol. The van der Waals surface area contributed by atoms with Gasteiger partial charge in [0.15, 0.2) is 5.69 Å². The van der Waals surface area contributed by atoms with Crippen LogP contribution in [0, 0.1) is 11.8 Å². The summed E-state index contributed by atoms with van der Waals surface area (Å²) in [6.45, 7) is 5.49. The molecule has 1 unspecified atom stereocenters. The fraction of sp³-hybridized carbons (Fsp3) is 0.765. The largest absolute Gasteiger partial charge is 0.360 e. The summed E-state index contributed by atoms with van der Waals surface area (Å²) in [5.41, 5.74) is 0.437. The first-order chi connectivity index (χ1) is 10.7. The van der Waals surface area contributed by atoms with E-state index in [1.54, 1.807) is 0 Å². The molecule has 0 spiro atoms. The van der Waals surface area contributed by atoms with Crippen LogP contribution >= 0.6 is 0 Å². The lowest BCUT2D eigenvalue weighted by molar-refractivity contribution is 0.0921. The van der Waals surface area contributed by atoms with Gasteiger partial charge in [-0.1, -0.05) is 18.5 Å². The zero-order chi connectivity index (χ0) is 15.1. The molecule has 1 saturated heterocycles. The normalized spacial score (nSPS) is 29.5. The van der Waals surface area contributed by atoms with E-state index in [0.29, 0.717) is 17.5 Å². The number of rotatable bonds is 5. The monoisotopic (exact) mass is 303 g/mol. The van der Waals surface area contributed by atoms with Gasteiger partial charge in [-0.25, -0.2) is 0 Å². The quantitative estimate of drug-likeness (QED) is 0.907. The van der Waals surface area contributed by atoms with Crippen molar-refractivity contribution in [1.82, 2.24) is 15.4 Å². The highest BCUT2D eigenvalue weighted by molar-refractivity contribution is 5.92. The molecule has 5 nitrogen and oxygen atoms in total. The predicted molar refractivity (Wildman–Crippen MR) is 82.7 cm³/mol. The molecule has 2 saturated carbocycles. The Labute approximate surface area is 131 Å². The van der Waals surface area contributed by atoms with Crippen LogP contribution in [0.5, 0.6) is 0 Å². The number of aromatic nitrogens is 1. The fourth-order valence-corrected chi connectivity index (χ4v) is 3.64. The Kier molecular flexibility index (Phi) is 3.68. The third kappa shape index (κ3) is 2.91. The Morgan fingerprint density at radius 2 is 2.18 bits per heavy atom. The number of hydrogen-bond donors (Lipinski definition) is 1. The number of hydrogen-bond acceptors (Lipinski definition) is 4. The minimum absolute atomic E-state index is 0.0852. The van der Waals surface area contributed by atoms with E-state index in [9.17, 15) is 4.79 Å². The molecule has 22 heavy (non-hydrogen) atoms. The molecule has 1 aromatic heterocycles. The summed E-state index contributed by atoms with van der Waals surface area (Å²) in [6.07, 6.45) is 6.47. The zero-order valence-corrected chi connectivity index (χ0v) is 13.3. The van der Waals surface area contributed by atoms with E-state index >= 15 is 0 Å². The lowest BCUT2D eigenvalue weighted by atomic mass is 9.85. The Balaban J connectivity index is 1.32. The first-order valence-electron chi connectivity index (χ1n) is 8.69. The summed E-state index contributed by atoms with van der Waals surface area (Å²) in [4.78, 5) is 14.9. The lowest BCUT2D eigenvalue weighted by Crippen LogP contribution is -2.40. The van der Waals surface area contributed by atoms with E-state index in [1.807, 2.05) is 6.07 Å². The Morgan fingerprint density at radius 3 is 2.86 bits per heavy atom. The van der Waals surface area contributed by atoms with Gasteiger partial charge in [-0.2, -0.15) is 0 Å². The molecule has 120 valence electrons. The van der Waals surface area contributed by atoms with Crippen LogP contribution < -0.4 is 5.32 Å². The molecule has 1 aromatic rings. The summed E-state index contributed by atoms with van der Waals surface area (Å²) in [7, 11) is 0. The molecule has 2 heterocycles. The number of amides is 1. The Morgan fingerprint density at radius 1 is 1.36 bits per heavy atom. The van der Waals surface area contributed by atoms with E-state index in [4.69, 9.17) is 4.52 Å². The molecule has 1 aliphatic heterocycles. The average Bonchev–Trinajstić information content (AvgIpc) is 3.08. The Hall–Kier alpha value is -1.36. The van der Waals surface area contributed by atoms with Crippen LogP contribution in [-0.4, -0.2) is 41.6 Å². The van der Waals surface area contributed by atoms with Crippen molar-refractivity contribution in [3.05, 3.63) is 17.5 Å². The van der Waals surface area contributed by atoms with Crippen LogP contribution in [-0.2, 0) is 0 Å². The number of likely N-dealkylation sites (tertiary alicyclic amines) is 1. The van der Waals surface area contributed by atoms with Crippen molar-refractivity contribution in [1.29, 1.82) is 0 Å². The molecule has 5 heteroatoms. The summed E-state index contributed by atoms with van der Waals surface area (Å²) >= 11 is 0. The SMILES string of the molecule is C[C@H]1CN(CC2CCC2)CC1NC(=O)c1cc(C2CC2)on1. The van der Waals surface area contributed by atoms with Gasteiger partial charge in [-0.15, -0.1) is 0 Å². The van der Waals surface area contributed by atoms with Crippen LogP contribution in [0.3, 0.4) is 0 Å². The maximum Gasteiger partial charge on any atom is 0.273 e. The van der Waals surface area contributed by atoms with Gasteiger partial charge in [0.25, 0.3) is 5.91 Å². The molecule has 1 amide bonds. The van der Waals surface area contributed by atoms with Gasteiger partial charge in [0, 0.05) is 37.7 Å². The fourth-order valence-electron chi connectivity index (χ4n) is 3.64. The second-order valence-electron chi connectivity index (χ2n) is 7.46. The van der Waals surface area contributed by atoms with Crippen molar-refractivity contribution < 1.29 is 9.32 Å². The highest BCUT2D eigenvalue weighted by atomic mass is 16.5. The molecule has 0 bridgehead atoms. The zero-order valence-electron chi connectivity index (χ0n) is 13.3. The van der Waals surface area contributed by atoms with Crippen LogP contribution in [0.1, 0.15) is 61.2 Å². The van der Waals surface area contributed by atoms with Crippen molar-refractivity contribution in [2.45, 2.75) is 51.0 Å². The van der Waals surface area contributed by atoms with Crippen LogP contribution in [0.4, 0.5) is 0 Å². The topological polar surface area (TPSA) is 58.4 Å². The highest BCUT2D eigenvalue weighted by Gasteiger charge is 2.34. The standard InChI is InChI=1S/C17H25N3O2/c1-11-8-20(9-12-3-2-4-12)10-15(11)18-17(21)14-7-16(22-19-14)13-5-6-13/h7,11-13,15H,2-6,8-10H2,1H3,(H,18,21)/t11-,15?/m0/s1. The van der Waals surface area contributed by atoms with E-state index < -0.39 is 0 Å². The smallest absolute Gasteiger partial charge is 0.273 e. The highest BCUT2D eigenvalue weighted by Crippen LogP contribution is 2.40. The Bertz CT molecular complexity index is 548. The number of carbonyl (C=O) groups excluding carboxylic acids is 1. The summed E-state index contributed by atoms with van der Waals surface area (Å²) in [6, 6.07) is 2.05. The first-order valence-corrected chi connectivity index (χ1v) is 8.69. The third-order valence-corrected chi connectivity index (χ3v) is 5.49. The number of carbonyl (C=O) groups is 1. The number of nitrogens with one attached hydrogen (secondary N) is 1. The number of nitrogens with zero attached hydrogens (tertiary/aromatic N) is 2. The maximum absolute atomic E-state index is 12.3. The molecule has 3 fully saturated rings. The van der Waals surface area contributed by atoms with Gasteiger partial charge < -0.3 is 14.7 Å². The van der Waals surface area contributed by atoms with Crippen molar-refractivity contribution in [3.8, 4) is 0 Å². The minimum Gasteiger partial charge on any atom is -0.360 e. The van der Waals surface area contributed by atoms with E-state index in [0.717, 1.165) is 37.6 Å². The van der Waals surface area contributed by atoms with Crippen LogP contribution in [0.15, 0.2) is 10.6 Å². The van der Waals surface area contributed by atoms with E-state index in [1.165, 1.54) is 25.8 Å².